The van der Waals surface area contributed by atoms with E-state index in [0.717, 1.165) is 16.8 Å². The van der Waals surface area contributed by atoms with Gasteiger partial charge in [-0.1, -0.05) is 38.1 Å². The van der Waals surface area contributed by atoms with Crippen molar-refractivity contribution < 1.29 is 19.1 Å². The number of nitrogens with one attached hydrogen (secondary N) is 3. The van der Waals surface area contributed by atoms with Gasteiger partial charge in [0.05, 0.1) is 6.21 Å². The molecule has 0 aliphatic rings. The number of carbonyl (C=O) groups excluding carboxylic acids is 3. The molecule has 8 heteroatoms. The van der Waals surface area contributed by atoms with E-state index < -0.39 is 11.8 Å². The van der Waals surface area contributed by atoms with Gasteiger partial charge >= 0.3 is 11.8 Å². The van der Waals surface area contributed by atoms with E-state index in [0.29, 0.717) is 17.9 Å². The average molecular weight is 425 g/mol. The highest BCUT2D eigenvalue weighted by molar-refractivity contribution is 6.35. The molecule has 31 heavy (non-hydrogen) atoms. The molecule has 8 nitrogen and oxygen atoms in total. The van der Waals surface area contributed by atoms with E-state index >= 15 is 0 Å². The summed E-state index contributed by atoms with van der Waals surface area (Å²) in [5.74, 6) is -1.26. The van der Waals surface area contributed by atoms with Crippen LogP contribution in [0.5, 0.6) is 5.75 Å². The summed E-state index contributed by atoms with van der Waals surface area (Å²) < 4.78 is 5.62. The number of aryl methyl sites for hydroxylation is 1. The first-order valence-electron chi connectivity index (χ1n) is 9.97. The number of hydrogen-bond donors (Lipinski definition) is 3. The fraction of sp³-hybridized carbons (Fsp3) is 0.304. The maximum Gasteiger partial charge on any atom is 0.329 e. The normalized spacial score (nSPS) is 10.7. The maximum absolute atomic E-state index is 12.3. The highest BCUT2D eigenvalue weighted by Gasteiger charge is 2.12. The summed E-state index contributed by atoms with van der Waals surface area (Å²) in [6.07, 6.45) is 1.35. The highest BCUT2D eigenvalue weighted by Crippen LogP contribution is 2.19. The first-order chi connectivity index (χ1) is 14.8. The summed E-state index contributed by atoms with van der Waals surface area (Å²) in [5, 5.41) is 9.14. The Morgan fingerprint density at radius 3 is 2.52 bits per heavy atom. The minimum absolute atomic E-state index is 0.192. The second-order valence-electron chi connectivity index (χ2n) is 7.43. The van der Waals surface area contributed by atoms with Gasteiger partial charge in [-0.15, -0.1) is 0 Å². The molecule has 0 fully saturated rings. The number of benzene rings is 2. The van der Waals surface area contributed by atoms with Crippen molar-refractivity contribution in [3.63, 3.8) is 0 Å². The van der Waals surface area contributed by atoms with Gasteiger partial charge in [0.2, 0.25) is 0 Å². The van der Waals surface area contributed by atoms with Gasteiger partial charge in [0, 0.05) is 17.8 Å². The van der Waals surface area contributed by atoms with Crippen LogP contribution in [-0.2, 0) is 14.4 Å². The van der Waals surface area contributed by atoms with Crippen molar-refractivity contribution >= 4 is 29.6 Å². The molecular weight excluding hydrogens is 396 g/mol. The van der Waals surface area contributed by atoms with Crippen LogP contribution in [0.2, 0.25) is 0 Å². The van der Waals surface area contributed by atoms with Gasteiger partial charge < -0.3 is 15.4 Å². The summed E-state index contributed by atoms with van der Waals surface area (Å²) in [4.78, 5) is 35.7. The largest absolute Gasteiger partial charge is 0.483 e. The Bertz CT molecular complexity index is 970. The van der Waals surface area contributed by atoms with Gasteiger partial charge in [-0.25, -0.2) is 5.43 Å². The predicted molar refractivity (Wildman–Crippen MR) is 120 cm³/mol. The number of ether oxygens (including phenoxy) is 1. The van der Waals surface area contributed by atoms with E-state index in [9.17, 15) is 14.4 Å². The lowest BCUT2D eigenvalue weighted by atomic mass is 10.1. The lowest BCUT2D eigenvalue weighted by Crippen LogP contribution is -2.39. The predicted octanol–water partition coefficient (Wildman–Crippen LogP) is 2.54. The van der Waals surface area contributed by atoms with E-state index in [1.165, 1.54) is 6.21 Å². The second-order valence-corrected chi connectivity index (χ2v) is 7.43. The molecule has 0 saturated carbocycles. The molecule has 2 aromatic rings. The summed E-state index contributed by atoms with van der Waals surface area (Å²) in [7, 11) is 0. The topological polar surface area (TPSA) is 109 Å². The van der Waals surface area contributed by atoms with Crippen LogP contribution in [0.15, 0.2) is 47.6 Å². The minimum atomic E-state index is -0.858. The quantitative estimate of drug-likeness (QED) is 0.344. The van der Waals surface area contributed by atoms with Gasteiger partial charge in [-0.3, -0.25) is 14.4 Å². The first kappa shape index (κ1) is 23.6. The van der Waals surface area contributed by atoms with Gasteiger partial charge in [0.25, 0.3) is 5.91 Å². The van der Waals surface area contributed by atoms with Crippen LogP contribution in [0.4, 0.5) is 5.69 Å². The number of rotatable bonds is 8. The molecular formula is C23H28N4O4. The highest BCUT2D eigenvalue weighted by atomic mass is 16.5. The SMILES string of the molecule is Cc1cccc(NC(=O)COc2ccccc2/C=N\NC(=O)C(=O)NCC(C)C)c1C. The van der Waals surface area contributed by atoms with Crippen LogP contribution in [0, 0.1) is 19.8 Å². The molecule has 0 bridgehead atoms. The lowest BCUT2D eigenvalue weighted by Gasteiger charge is -2.12. The van der Waals surface area contributed by atoms with E-state index in [2.05, 4.69) is 21.2 Å². The smallest absolute Gasteiger partial charge is 0.329 e. The summed E-state index contributed by atoms with van der Waals surface area (Å²) in [5.41, 5.74) is 5.54. The number of para-hydroxylation sites is 1. The molecule has 0 spiro atoms. The Labute approximate surface area is 182 Å². The molecule has 0 aliphatic heterocycles. The Kier molecular flexibility index (Phi) is 8.75. The third-order valence-corrected chi connectivity index (χ3v) is 4.40. The number of amides is 3. The van der Waals surface area contributed by atoms with Crippen molar-refractivity contribution in [2.24, 2.45) is 11.0 Å². The zero-order valence-corrected chi connectivity index (χ0v) is 18.2. The Balaban J connectivity index is 1.92. The van der Waals surface area contributed by atoms with Crippen molar-refractivity contribution in [3.05, 3.63) is 59.2 Å². The van der Waals surface area contributed by atoms with E-state index in [4.69, 9.17) is 4.74 Å². The lowest BCUT2D eigenvalue weighted by molar-refractivity contribution is -0.139. The molecule has 3 amide bonds. The van der Waals surface area contributed by atoms with Gasteiger partial charge in [-0.05, 0) is 49.1 Å². The van der Waals surface area contributed by atoms with Crippen molar-refractivity contribution in [1.29, 1.82) is 0 Å². The molecule has 0 atom stereocenters. The van der Waals surface area contributed by atoms with Gasteiger partial charge in [0.1, 0.15) is 5.75 Å². The average Bonchev–Trinajstić information content (AvgIpc) is 2.74. The van der Waals surface area contributed by atoms with Gasteiger partial charge in [0.15, 0.2) is 6.61 Å². The molecule has 2 aromatic carbocycles. The number of anilines is 1. The molecule has 0 radical (unpaired) electrons. The van der Waals surface area contributed by atoms with Crippen LogP contribution in [0.25, 0.3) is 0 Å². The molecule has 0 aliphatic carbocycles. The van der Waals surface area contributed by atoms with Gasteiger partial charge in [-0.2, -0.15) is 5.10 Å². The van der Waals surface area contributed by atoms with Crippen molar-refractivity contribution in [2.45, 2.75) is 27.7 Å². The molecule has 2 rings (SSSR count). The molecule has 0 heterocycles. The first-order valence-corrected chi connectivity index (χ1v) is 9.97. The van der Waals surface area contributed by atoms with Crippen molar-refractivity contribution in [2.75, 3.05) is 18.5 Å². The fourth-order valence-electron chi connectivity index (χ4n) is 2.52. The van der Waals surface area contributed by atoms with Crippen LogP contribution in [0.3, 0.4) is 0 Å². The van der Waals surface area contributed by atoms with E-state index in [1.54, 1.807) is 24.3 Å². The number of hydrazone groups is 1. The Hall–Kier alpha value is -3.68. The summed E-state index contributed by atoms with van der Waals surface area (Å²) in [6, 6.07) is 12.6. The maximum atomic E-state index is 12.3. The second kappa shape index (κ2) is 11.5. The fourth-order valence-corrected chi connectivity index (χ4v) is 2.52. The zero-order valence-electron chi connectivity index (χ0n) is 18.2. The monoisotopic (exact) mass is 424 g/mol. The van der Waals surface area contributed by atoms with Crippen molar-refractivity contribution in [1.82, 2.24) is 10.7 Å². The Morgan fingerprint density at radius 2 is 1.77 bits per heavy atom. The van der Waals surface area contributed by atoms with Crippen LogP contribution >= 0.6 is 0 Å². The van der Waals surface area contributed by atoms with Crippen molar-refractivity contribution in [3.8, 4) is 5.75 Å². The number of hydrogen-bond acceptors (Lipinski definition) is 5. The Morgan fingerprint density at radius 1 is 1.03 bits per heavy atom. The third-order valence-electron chi connectivity index (χ3n) is 4.40. The third kappa shape index (κ3) is 7.58. The molecule has 0 unspecified atom stereocenters. The molecule has 0 saturated heterocycles. The summed E-state index contributed by atoms with van der Waals surface area (Å²) in [6.45, 7) is 7.98. The number of carbonyl (C=O) groups is 3. The van der Waals surface area contributed by atoms with Crippen LogP contribution in [0.1, 0.15) is 30.5 Å². The van der Waals surface area contributed by atoms with E-state index in [1.807, 2.05) is 45.9 Å². The van der Waals surface area contributed by atoms with Crippen LogP contribution in [-0.4, -0.2) is 37.1 Å². The number of nitrogens with zero attached hydrogens (tertiary/aromatic N) is 1. The standard InChI is InChI=1S/C23H28N4O4/c1-15(2)12-24-22(29)23(30)27-25-13-18-9-5-6-11-20(18)31-14-21(28)26-19-10-7-8-16(3)17(19)4/h5-11,13,15H,12,14H2,1-4H3,(H,24,29)(H,26,28)(H,27,30)/b25-13-. The molecule has 3 N–H and O–H groups in total. The van der Waals surface area contributed by atoms with E-state index in [-0.39, 0.29) is 18.4 Å². The summed E-state index contributed by atoms with van der Waals surface area (Å²) >= 11 is 0. The molecule has 164 valence electrons. The zero-order chi connectivity index (χ0) is 22.8. The molecule has 0 aromatic heterocycles. The minimum Gasteiger partial charge on any atom is -0.483 e. The van der Waals surface area contributed by atoms with Crippen LogP contribution < -0.4 is 20.8 Å².